The molecule has 3 aliphatic rings. The fourth-order valence-corrected chi connectivity index (χ4v) is 9.67. The number of piperidine rings is 2. The van der Waals surface area contributed by atoms with E-state index in [0.29, 0.717) is 105 Å². The van der Waals surface area contributed by atoms with Crippen LogP contribution in [0.25, 0.3) is 27.8 Å². The van der Waals surface area contributed by atoms with Crippen molar-refractivity contribution in [3.63, 3.8) is 0 Å². The molecule has 0 bridgehead atoms. The topological polar surface area (TPSA) is 226 Å². The number of aromatic nitrogens is 4. The fourth-order valence-electron chi connectivity index (χ4n) is 8.79. The Morgan fingerprint density at radius 1 is 0.900 bits per heavy atom. The Balaban J connectivity index is 0.745. The highest BCUT2D eigenvalue weighted by molar-refractivity contribution is 7.92. The largest absolute Gasteiger partial charge is 0.593 e. The van der Waals surface area contributed by atoms with Crippen molar-refractivity contribution < 1.29 is 51.5 Å². The summed E-state index contributed by atoms with van der Waals surface area (Å²) in [5.74, 6) is -3.00. The molecule has 0 aliphatic carbocycles. The molecule has 3 N–H and O–H groups in total. The van der Waals surface area contributed by atoms with Crippen LogP contribution in [-0.2, 0) is 40.0 Å². The van der Waals surface area contributed by atoms with E-state index < -0.39 is 52.7 Å². The monoisotopic (exact) mass is 984 g/mol. The van der Waals surface area contributed by atoms with Gasteiger partial charge in [-0.15, -0.1) is 0 Å². The Morgan fingerprint density at radius 3 is 2.36 bits per heavy atom. The van der Waals surface area contributed by atoms with Crippen LogP contribution in [-0.4, -0.2) is 148 Å². The number of fused-ring (bicyclic) bond motifs is 2. The summed E-state index contributed by atoms with van der Waals surface area (Å²) >= 11 is -1.54. The minimum atomic E-state index is -1.54. The molecule has 0 saturated carbocycles. The second-order valence-corrected chi connectivity index (χ2v) is 18.2. The van der Waals surface area contributed by atoms with Crippen molar-refractivity contribution >= 4 is 69.1 Å². The Kier molecular flexibility index (Phi) is 16.3. The smallest absolute Gasteiger partial charge is 0.264 e. The lowest BCUT2D eigenvalue weighted by molar-refractivity contribution is -0.136. The van der Waals surface area contributed by atoms with Gasteiger partial charge in [0.25, 0.3) is 11.8 Å². The van der Waals surface area contributed by atoms with Crippen LogP contribution in [0.5, 0.6) is 0 Å². The first kappa shape index (κ1) is 49.8. The van der Waals surface area contributed by atoms with Crippen LogP contribution in [0.3, 0.4) is 0 Å². The summed E-state index contributed by atoms with van der Waals surface area (Å²) in [6.07, 6.45) is 8.58. The van der Waals surface area contributed by atoms with Crippen LogP contribution < -0.4 is 20.3 Å². The number of rotatable bonds is 22. The lowest BCUT2D eigenvalue weighted by atomic mass is 10.0. The molecule has 3 aliphatic heterocycles. The first-order valence-electron chi connectivity index (χ1n) is 23.2. The number of anilines is 3. The maximum Gasteiger partial charge on any atom is 0.264 e. The molecule has 2 aromatic carbocycles. The van der Waals surface area contributed by atoms with Crippen LogP contribution in [0.2, 0.25) is 0 Å². The zero-order valence-corrected chi connectivity index (χ0v) is 39.6. The zero-order valence-electron chi connectivity index (χ0n) is 38.8. The summed E-state index contributed by atoms with van der Waals surface area (Å²) < 4.78 is 65.0. The Labute approximate surface area is 405 Å². The molecule has 2 saturated heterocycles. The molecule has 19 nitrogen and oxygen atoms in total. The average Bonchev–Trinajstić information content (AvgIpc) is 3.86. The predicted molar refractivity (Wildman–Crippen MR) is 256 cm³/mol. The number of pyridine rings is 1. The molecule has 6 heterocycles. The molecule has 2 atom stereocenters. The molecule has 0 spiro atoms. The molecule has 5 amide bonds. The van der Waals surface area contributed by atoms with Gasteiger partial charge in [0.05, 0.1) is 79.6 Å². The summed E-state index contributed by atoms with van der Waals surface area (Å²) in [4.78, 5) is 81.5. The highest BCUT2D eigenvalue weighted by Gasteiger charge is 2.45. The third-order valence-electron chi connectivity index (χ3n) is 12.4. The van der Waals surface area contributed by atoms with E-state index >= 15 is 8.78 Å². The van der Waals surface area contributed by atoms with Crippen molar-refractivity contribution in [1.82, 2.24) is 34.6 Å². The number of likely N-dealkylation sites (tertiary alicyclic amines) is 1. The van der Waals surface area contributed by atoms with E-state index in [1.54, 1.807) is 42.9 Å². The number of carbonyl (C=O) groups is 5. The number of nitrogens with one attached hydrogen (secondary N) is 3. The van der Waals surface area contributed by atoms with Gasteiger partial charge in [0, 0.05) is 74.5 Å². The minimum absolute atomic E-state index is 0.00182. The lowest BCUT2D eigenvalue weighted by Crippen LogP contribution is -2.54. The first-order chi connectivity index (χ1) is 33.9. The van der Waals surface area contributed by atoms with E-state index in [-0.39, 0.29) is 66.9 Å². The van der Waals surface area contributed by atoms with E-state index in [1.165, 1.54) is 23.0 Å². The van der Waals surface area contributed by atoms with Crippen molar-refractivity contribution in [2.45, 2.75) is 57.5 Å². The van der Waals surface area contributed by atoms with Crippen LogP contribution in [0.15, 0.2) is 67.4 Å². The van der Waals surface area contributed by atoms with Gasteiger partial charge in [-0.05, 0) is 62.1 Å². The molecular weight excluding hydrogens is 931 g/mol. The SMILES string of the molecule is CCC[S+]([O-])Nc1ccc(F)c(-n2cc(-c3cncnc3)c3nc(N(C)C4CCN(C(=O)CCOCCOCCOCCNc5cccc6c5C(=O)N(C5CCC(=O)NC5=O)C6=O)CC4)ccc32)c1F. The average molecular weight is 985 g/mol. The molecule has 370 valence electrons. The van der Waals surface area contributed by atoms with Crippen LogP contribution >= 0.6 is 0 Å². The molecule has 2 unspecified atom stereocenters. The van der Waals surface area contributed by atoms with Gasteiger partial charge in [-0.1, -0.05) is 13.0 Å². The first-order valence-corrected chi connectivity index (χ1v) is 24.5. The van der Waals surface area contributed by atoms with Gasteiger partial charge in [0.15, 0.2) is 5.82 Å². The number of carbonyl (C=O) groups excluding carboxylic acids is 5. The molecule has 0 radical (unpaired) electrons. The standard InChI is InChI=1S/C48H54F2N10O9S/c1-3-25-70(66)56-36-8-7-34(49)45(43(36)50)59-28-33(30-26-51-29-52-27-30)44-37(59)9-11-39(54-44)57(2)31-13-17-58(18-14-31)41(62)15-19-67-21-23-69-24-22-68-20-16-53-35-6-4-5-32-42(35)48(65)60(47(32)64)38-10-12-40(61)55-46(38)63/h4-9,11,26-29,31,38,53,56H,3,10,12-25H2,1-2H3,(H,55,61,63). The minimum Gasteiger partial charge on any atom is -0.593 e. The number of hydrogen-bond acceptors (Lipinski definition) is 15. The van der Waals surface area contributed by atoms with Crippen molar-refractivity contribution in [3.8, 4) is 16.8 Å². The summed E-state index contributed by atoms with van der Waals surface area (Å²) in [6.45, 7) is 5.09. The van der Waals surface area contributed by atoms with Crippen LogP contribution in [0.4, 0.5) is 26.0 Å². The van der Waals surface area contributed by atoms with Gasteiger partial charge in [0.1, 0.15) is 41.1 Å². The third kappa shape index (κ3) is 11.1. The number of imide groups is 2. The molecule has 22 heteroatoms. The Bertz CT molecular complexity index is 2720. The second kappa shape index (κ2) is 22.9. The second-order valence-electron chi connectivity index (χ2n) is 16.9. The molecule has 8 rings (SSSR count). The number of nitrogens with zero attached hydrogens (tertiary/aromatic N) is 7. The summed E-state index contributed by atoms with van der Waals surface area (Å²) in [7, 11) is 1.94. The molecule has 3 aromatic heterocycles. The third-order valence-corrected chi connectivity index (χ3v) is 13.6. The van der Waals surface area contributed by atoms with E-state index in [2.05, 4.69) is 30.2 Å². The van der Waals surface area contributed by atoms with Gasteiger partial charge >= 0.3 is 0 Å². The predicted octanol–water partition coefficient (Wildman–Crippen LogP) is 4.63. The Hall–Kier alpha value is -6.59. The molecule has 70 heavy (non-hydrogen) atoms. The lowest BCUT2D eigenvalue weighted by Gasteiger charge is -2.37. The van der Waals surface area contributed by atoms with Gasteiger partial charge in [0.2, 0.25) is 17.7 Å². The highest BCUT2D eigenvalue weighted by atomic mass is 32.2. The van der Waals surface area contributed by atoms with Gasteiger partial charge in [-0.2, -0.15) is 0 Å². The summed E-state index contributed by atoms with van der Waals surface area (Å²) in [5.41, 5.74) is 2.51. The molecule has 5 aromatic rings. The van der Waals surface area contributed by atoms with Gasteiger partial charge in [-0.25, -0.2) is 28.5 Å². The molecular formula is C48H54F2N10O9S. The number of hydrogen-bond donors (Lipinski definition) is 3. The fraction of sp³-hybridized carbons (Fsp3) is 0.417. The number of halogens is 2. The van der Waals surface area contributed by atoms with E-state index in [9.17, 15) is 28.5 Å². The van der Waals surface area contributed by atoms with Crippen molar-refractivity contribution in [2.24, 2.45) is 0 Å². The zero-order chi connectivity index (χ0) is 49.3. The van der Waals surface area contributed by atoms with Crippen molar-refractivity contribution in [1.29, 1.82) is 0 Å². The van der Waals surface area contributed by atoms with Gasteiger partial charge < -0.3 is 38.4 Å². The Morgan fingerprint density at radius 2 is 1.63 bits per heavy atom. The summed E-state index contributed by atoms with van der Waals surface area (Å²) in [5, 5.41) is 5.33. The number of benzene rings is 2. The molecule has 2 fully saturated rings. The van der Waals surface area contributed by atoms with E-state index in [4.69, 9.17) is 19.2 Å². The number of ether oxygens (including phenoxy) is 3. The van der Waals surface area contributed by atoms with E-state index in [0.717, 1.165) is 11.0 Å². The summed E-state index contributed by atoms with van der Waals surface area (Å²) in [6, 6.07) is 9.84. The maximum atomic E-state index is 16.0. The van der Waals surface area contributed by atoms with Crippen LogP contribution in [0, 0.1) is 11.6 Å². The normalized spacial score (nSPS) is 16.7. The number of amides is 5. The quantitative estimate of drug-likeness (QED) is 0.0489. The van der Waals surface area contributed by atoms with Crippen molar-refractivity contribution in [3.05, 3.63) is 90.1 Å². The van der Waals surface area contributed by atoms with Gasteiger partial charge in [-0.3, -0.25) is 34.2 Å². The van der Waals surface area contributed by atoms with E-state index in [1.807, 2.05) is 18.9 Å². The van der Waals surface area contributed by atoms with Crippen molar-refractivity contribution in [2.75, 3.05) is 87.0 Å². The highest BCUT2D eigenvalue weighted by Crippen LogP contribution is 2.37. The maximum absolute atomic E-state index is 16.0. The van der Waals surface area contributed by atoms with Crippen LogP contribution in [0.1, 0.15) is 66.2 Å².